The van der Waals surface area contributed by atoms with Crippen molar-refractivity contribution in [2.45, 2.75) is 57.3 Å². The summed E-state index contributed by atoms with van der Waals surface area (Å²) in [5.41, 5.74) is -0.223. The zero-order valence-electron chi connectivity index (χ0n) is 11.5. The maximum Gasteiger partial charge on any atom is 0.178 e. The van der Waals surface area contributed by atoms with Crippen molar-refractivity contribution in [3.05, 3.63) is 0 Å². The molecule has 0 aromatic carbocycles. The highest BCUT2D eigenvalue weighted by Gasteiger charge is 2.39. The molecule has 17 heavy (non-hydrogen) atoms. The fourth-order valence-corrected chi connectivity index (χ4v) is 7.50. The standard InChI is InChI=1S/C12H25NO2Si2/c1-11(9-13)10-17(4)15-12(16(2)3)7-5-6-8-14-12/h11,16-17H,5-8,10H2,1-4H3. The van der Waals surface area contributed by atoms with Crippen molar-refractivity contribution < 1.29 is 9.16 Å². The van der Waals surface area contributed by atoms with Crippen molar-refractivity contribution in [2.75, 3.05) is 6.61 Å². The van der Waals surface area contributed by atoms with E-state index in [4.69, 9.17) is 14.4 Å². The molecule has 1 aliphatic rings. The topological polar surface area (TPSA) is 42.2 Å². The lowest BCUT2D eigenvalue weighted by Crippen LogP contribution is -2.52. The van der Waals surface area contributed by atoms with Crippen molar-refractivity contribution in [1.82, 2.24) is 0 Å². The second-order valence-electron chi connectivity index (χ2n) is 5.47. The summed E-state index contributed by atoms with van der Waals surface area (Å²) in [6.07, 6.45) is 3.45. The van der Waals surface area contributed by atoms with Crippen LogP contribution in [0.2, 0.25) is 25.7 Å². The molecule has 0 bridgehead atoms. The quantitative estimate of drug-likeness (QED) is 0.721. The molecule has 0 spiro atoms. The van der Waals surface area contributed by atoms with Crippen LogP contribution in [0.15, 0.2) is 0 Å². The fraction of sp³-hybridized carbons (Fsp3) is 0.917. The van der Waals surface area contributed by atoms with Gasteiger partial charge in [0.05, 0.1) is 6.07 Å². The first-order chi connectivity index (χ1) is 8.00. The van der Waals surface area contributed by atoms with E-state index in [2.05, 4.69) is 25.7 Å². The third-order valence-electron chi connectivity index (χ3n) is 3.45. The molecule has 1 aliphatic heterocycles. The minimum absolute atomic E-state index is 0.117. The molecule has 0 aliphatic carbocycles. The van der Waals surface area contributed by atoms with Crippen LogP contribution in [0, 0.1) is 17.2 Å². The van der Waals surface area contributed by atoms with Crippen molar-refractivity contribution in [3.63, 3.8) is 0 Å². The molecule has 3 atom stereocenters. The molecule has 1 saturated heterocycles. The Morgan fingerprint density at radius 1 is 1.41 bits per heavy atom. The summed E-state index contributed by atoms with van der Waals surface area (Å²) < 4.78 is 12.3. The maximum atomic E-state index is 8.86. The first-order valence-electron chi connectivity index (χ1n) is 6.71. The van der Waals surface area contributed by atoms with Crippen LogP contribution in [0.1, 0.15) is 26.2 Å². The summed E-state index contributed by atoms with van der Waals surface area (Å²) in [4.78, 5) is 0. The van der Waals surface area contributed by atoms with Gasteiger partial charge in [-0.3, -0.25) is 0 Å². The zero-order chi connectivity index (χ0) is 12.9. The van der Waals surface area contributed by atoms with E-state index in [0.29, 0.717) is 0 Å². The Balaban J connectivity index is 2.57. The molecule has 0 radical (unpaired) electrons. The molecular formula is C12H25NO2Si2. The fourth-order valence-electron chi connectivity index (χ4n) is 2.41. The molecule has 3 unspecified atom stereocenters. The number of rotatable bonds is 5. The first-order valence-corrected chi connectivity index (χ1v) is 12.0. The molecule has 0 saturated carbocycles. The predicted molar refractivity (Wildman–Crippen MR) is 75.1 cm³/mol. The third kappa shape index (κ3) is 4.21. The lowest BCUT2D eigenvalue weighted by molar-refractivity contribution is -0.151. The highest BCUT2D eigenvalue weighted by molar-refractivity contribution is 6.60. The lowest BCUT2D eigenvalue weighted by Gasteiger charge is -2.42. The van der Waals surface area contributed by atoms with E-state index in [1.54, 1.807) is 0 Å². The van der Waals surface area contributed by atoms with Gasteiger partial charge in [0.1, 0.15) is 14.2 Å². The summed E-state index contributed by atoms with van der Waals surface area (Å²) in [5.74, 6) is 0.117. The van der Waals surface area contributed by atoms with Gasteiger partial charge in [0, 0.05) is 12.5 Å². The monoisotopic (exact) mass is 271 g/mol. The van der Waals surface area contributed by atoms with E-state index in [1.807, 2.05) is 6.92 Å². The number of nitrogens with zero attached hydrogens (tertiary/aromatic N) is 1. The summed E-state index contributed by atoms with van der Waals surface area (Å²) in [6.45, 7) is 9.64. The van der Waals surface area contributed by atoms with E-state index in [-0.39, 0.29) is 11.3 Å². The van der Waals surface area contributed by atoms with Gasteiger partial charge in [-0.1, -0.05) is 13.1 Å². The molecular weight excluding hydrogens is 246 g/mol. The van der Waals surface area contributed by atoms with E-state index < -0.39 is 17.8 Å². The van der Waals surface area contributed by atoms with E-state index in [1.165, 1.54) is 6.42 Å². The molecule has 0 N–H and O–H groups in total. The Hall–Kier alpha value is -0.156. The minimum Gasteiger partial charge on any atom is -0.397 e. The second-order valence-corrected chi connectivity index (χ2v) is 11.0. The minimum atomic E-state index is -1.29. The summed E-state index contributed by atoms with van der Waals surface area (Å²) in [5, 5.41) is 8.86. The highest BCUT2D eigenvalue weighted by atomic mass is 28.3. The number of nitriles is 1. The van der Waals surface area contributed by atoms with Crippen molar-refractivity contribution in [1.29, 1.82) is 5.26 Å². The Kier molecular flexibility index (Phi) is 5.86. The van der Waals surface area contributed by atoms with E-state index in [0.717, 1.165) is 25.5 Å². The van der Waals surface area contributed by atoms with Gasteiger partial charge in [0.15, 0.2) is 9.04 Å². The average molecular weight is 272 g/mol. The molecule has 3 nitrogen and oxygen atoms in total. The molecule has 0 aromatic rings. The summed E-state index contributed by atoms with van der Waals surface area (Å²) >= 11 is 0. The molecule has 5 heteroatoms. The SMILES string of the molecule is CC(C#N)C[SiH](C)OC1([SiH](C)C)CCCCO1. The Labute approximate surface area is 108 Å². The van der Waals surface area contributed by atoms with E-state index in [9.17, 15) is 0 Å². The van der Waals surface area contributed by atoms with Crippen LogP contribution in [0.3, 0.4) is 0 Å². The van der Waals surface area contributed by atoms with Crippen molar-refractivity contribution in [3.8, 4) is 6.07 Å². The normalized spacial score (nSPS) is 28.7. The van der Waals surface area contributed by atoms with Gasteiger partial charge in [-0.25, -0.2) is 0 Å². The zero-order valence-corrected chi connectivity index (χ0v) is 13.8. The van der Waals surface area contributed by atoms with Crippen LogP contribution in [0.4, 0.5) is 0 Å². The van der Waals surface area contributed by atoms with Gasteiger partial charge in [0.25, 0.3) is 0 Å². The first kappa shape index (κ1) is 14.9. The molecule has 98 valence electrons. The summed E-state index contributed by atoms with van der Waals surface area (Å²) in [6, 6.07) is 3.23. The van der Waals surface area contributed by atoms with Gasteiger partial charge in [-0.05, 0) is 38.8 Å². The van der Waals surface area contributed by atoms with Gasteiger partial charge < -0.3 is 9.16 Å². The van der Waals surface area contributed by atoms with Crippen LogP contribution in [-0.4, -0.2) is 29.9 Å². The predicted octanol–water partition coefficient (Wildman–Crippen LogP) is 2.44. The Morgan fingerprint density at radius 2 is 2.12 bits per heavy atom. The van der Waals surface area contributed by atoms with Gasteiger partial charge in [-0.2, -0.15) is 5.26 Å². The Morgan fingerprint density at radius 3 is 2.59 bits per heavy atom. The van der Waals surface area contributed by atoms with Crippen LogP contribution in [0.5, 0.6) is 0 Å². The second kappa shape index (κ2) is 6.69. The molecule has 0 aromatic heterocycles. The van der Waals surface area contributed by atoms with Crippen LogP contribution in [-0.2, 0) is 9.16 Å². The molecule has 1 fully saturated rings. The van der Waals surface area contributed by atoms with Gasteiger partial charge >= 0.3 is 0 Å². The number of ether oxygens (including phenoxy) is 1. The van der Waals surface area contributed by atoms with Gasteiger partial charge in [0.2, 0.25) is 0 Å². The third-order valence-corrected chi connectivity index (χ3v) is 8.25. The number of hydrogen-bond acceptors (Lipinski definition) is 3. The maximum absolute atomic E-state index is 8.86. The molecule has 0 amide bonds. The largest absolute Gasteiger partial charge is 0.397 e. The molecule has 1 heterocycles. The molecule has 1 rings (SSSR count). The Bertz CT molecular complexity index is 272. The number of hydrogen-bond donors (Lipinski definition) is 0. The van der Waals surface area contributed by atoms with Crippen LogP contribution in [0.25, 0.3) is 0 Å². The van der Waals surface area contributed by atoms with Crippen LogP contribution >= 0.6 is 0 Å². The highest BCUT2D eigenvalue weighted by Crippen LogP contribution is 2.30. The average Bonchev–Trinajstić information content (AvgIpc) is 2.29. The lowest BCUT2D eigenvalue weighted by atomic mass is 10.2. The van der Waals surface area contributed by atoms with Crippen molar-refractivity contribution >= 4 is 17.8 Å². The smallest absolute Gasteiger partial charge is 0.178 e. The van der Waals surface area contributed by atoms with Gasteiger partial charge in [-0.15, -0.1) is 0 Å². The van der Waals surface area contributed by atoms with E-state index >= 15 is 0 Å². The van der Waals surface area contributed by atoms with Crippen LogP contribution < -0.4 is 0 Å². The van der Waals surface area contributed by atoms with Crippen molar-refractivity contribution in [2.24, 2.45) is 5.92 Å². The summed E-state index contributed by atoms with van der Waals surface area (Å²) in [7, 11) is -2.28.